The van der Waals surface area contributed by atoms with Gasteiger partial charge in [-0.3, -0.25) is 4.57 Å². The normalized spacial score (nSPS) is 15.2. The summed E-state index contributed by atoms with van der Waals surface area (Å²) in [6.45, 7) is 2.06. The van der Waals surface area contributed by atoms with Crippen molar-refractivity contribution in [1.82, 2.24) is 14.8 Å². The lowest BCUT2D eigenvalue weighted by Gasteiger charge is -2.10. The Labute approximate surface area is 113 Å². The molecule has 1 aliphatic carbocycles. The summed E-state index contributed by atoms with van der Waals surface area (Å²) < 4.78 is 3.02. The second-order valence-corrected chi connectivity index (χ2v) is 5.62. The number of aromatic nitrogens is 3. The fraction of sp³-hybridized carbons (Fsp3) is 0.333. The highest BCUT2D eigenvalue weighted by Crippen LogP contribution is 2.41. The summed E-state index contributed by atoms with van der Waals surface area (Å²) in [7, 11) is 0. The molecule has 17 heavy (non-hydrogen) atoms. The van der Waals surface area contributed by atoms with Gasteiger partial charge in [0.15, 0.2) is 0 Å². The Bertz CT molecular complexity index is 575. The molecule has 88 valence electrons. The average Bonchev–Trinajstić information content (AvgIpc) is 3.04. The summed E-state index contributed by atoms with van der Waals surface area (Å²) in [5.41, 5.74) is 2.22. The van der Waals surface area contributed by atoms with Gasteiger partial charge in [0.25, 0.3) is 0 Å². The summed E-state index contributed by atoms with van der Waals surface area (Å²) in [5, 5.41) is 8.61. The summed E-state index contributed by atoms with van der Waals surface area (Å²) in [4.78, 5) is 0. The topological polar surface area (TPSA) is 30.7 Å². The molecule has 3 nitrogen and oxygen atoms in total. The van der Waals surface area contributed by atoms with Gasteiger partial charge in [0.1, 0.15) is 5.82 Å². The van der Waals surface area contributed by atoms with Crippen LogP contribution in [0.2, 0.25) is 5.28 Å². The third-order valence-electron chi connectivity index (χ3n) is 2.99. The van der Waals surface area contributed by atoms with Gasteiger partial charge < -0.3 is 0 Å². The van der Waals surface area contributed by atoms with Crippen LogP contribution in [0.25, 0.3) is 5.69 Å². The quantitative estimate of drug-likeness (QED) is 0.843. The molecule has 1 aliphatic rings. The van der Waals surface area contributed by atoms with Crippen LogP contribution >= 0.6 is 27.5 Å². The zero-order valence-corrected chi connectivity index (χ0v) is 11.7. The Hall–Kier alpha value is -0.870. The fourth-order valence-electron chi connectivity index (χ4n) is 1.97. The molecule has 1 fully saturated rings. The Morgan fingerprint density at radius 1 is 1.35 bits per heavy atom. The van der Waals surface area contributed by atoms with Crippen molar-refractivity contribution in [2.45, 2.75) is 25.7 Å². The largest absolute Gasteiger partial charge is 0.269 e. The van der Waals surface area contributed by atoms with Crippen molar-refractivity contribution >= 4 is 27.5 Å². The predicted molar refractivity (Wildman–Crippen MR) is 70.8 cm³/mol. The molecule has 0 N–H and O–H groups in total. The van der Waals surface area contributed by atoms with Gasteiger partial charge in [-0.1, -0.05) is 15.9 Å². The summed E-state index contributed by atoms with van der Waals surface area (Å²) >= 11 is 9.61. The standard InChI is InChI=1S/C12H11BrClN3/c1-7-6-9(13)4-5-10(7)17-11(8-2-3-8)15-16-12(17)14/h4-6,8H,2-3H2,1H3. The number of benzene rings is 1. The van der Waals surface area contributed by atoms with Gasteiger partial charge in [-0.25, -0.2) is 0 Å². The zero-order valence-electron chi connectivity index (χ0n) is 9.32. The molecular formula is C12H11BrClN3. The van der Waals surface area contributed by atoms with Crippen molar-refractivity contribution in [1.29, 1.82) is 0 Å². The number of hydrogen-bond donors (Lipinski definition) is 0. The molecule has 0 saturated heterocycles. The number of nitrogens with zero attached hydrogens (tertiary/aromatic N) is 3. The molecule has 0 spiro atoms. The van der Waals surface area contributed by atoms with E-state index in [0.717, 1.165) is 21.5 Å². The molecule has 1 aromatic carbocycles. The molecule has 0 bridgehead atoms. The van der Waals surface area contributed by atoms with Crippen LogP contribution in [0.4, 0.5) is 0 Å². The molecule has 1 aromatic heterocycles. The maximum Gasteiger partial charge on any atom is 0.229 e. The van der Waals surface area contributed by atoms with Crippen molar-refractivity contribution < 1.29 is 0 Å². The first-order chi connectivity index (χ1) is 8.16. The van der Waals surface area contributed by atoms with Crippen molar-refractivity contribution in [3.8, 4) is 5.69 Å². The van der Waals surface area contributed by atoms with Gasteiger partial charge in [-0.2, -0.15) is 0 Å². The molecule has 1 heterocycles. The smallest absolute Gasteiger partial charge is 0.229 e. The van der Waals surface area contributed by atoms with E-state index in [2.05, 4.69) is 39.1 Å². The van der Waals surface area contributed by atoms with Crippen LogP contribution in [0.3, 0.4) is 0 Å². The van der Waals surface area contributed by atoms with Gasteiger partial charge >= 0.3 is 0 Å². The number of halogens is 2. The molecule has 3 rings (SSSR count). The number of rotatable bonds is 2. The molecule has 2 aromatic rings. The van der Waals surface area contributed by atoms with Gasteiger partial charge in [0.05, 0.1) is 5.69 Å². The SMILES string of the molecule is Cc1cc(Br)ccc1-n1c(Cl)nnc1C1CC1. The van der Waals surface area contributed by atoms with Gasteiger partial charge in [0.2, 0.25) is 5.28 Å². The molecule has 0 unspecified atom stereocenters. The maximum absolute atomic E-state index is 6.14. The van der Waals surface area contributed by atoms with E-state index >= 15 is 0 Å². The lowest BCUT2D eigenvalue weighted by Crippen LogP contribution is -2.02. The fourth-order valence-corrected chi connectivity index (χ4v) is 2.67. The minimum atomic E-state index is 0.442. The number of hydrogen-bond acceptors (Lipinski definition) is 2. The van der Waals surface area contributed by atoms with Crippen molar-refractivity contribution in [3.05, 3.63) is 39.3 Å². The summed E-state index contributed by atoms with van der Waals surface area (Å²) in [6.07, 6.45) is 2.37. The van der Waals surface area contributed by atoms with E-state index in [0.29, 0.717) is 11.2 Å². The third kappa shape index (κ3) is 2.00. The molecule has 5 heteroatoms. The molecule has 0 radical (unpaired) electrons. The van der Waals surface area contributed by atoms with E-state index in [-0.39, 0.29) is 0 Å². The van der Waals surface area contributed by atoms with Crippen molar-refractivity contribution in [2.75, 3.05) is 0 Å². The predicted octanol–water partition coefficient (Wildman–Crippen LogP) is 3.87. The van der Waals surface area contributed by atoms with Crippen LogP contribution < -0.4 is 0 Å². The van der Waals surface area contributed by atoms with Crippen LogP contribution in [-0.4, -0.2) is 14.8 Å². The van der Waals surface area contributed by atoms with Crippen LogP contribution in [0.5, 0.6) is 0 Å². The van der Waals surface area contributed by atoms with Crippen molar-refractivity contribution in [3.63, 3.8) is 0 Å². The Morgan fingerprint density at radius 2 is 2.12 bits per heavy atom. The first-order valence-electron chi connectivity index (χ1n) is 5.54. The molecule has 0 amide bonds. The molecule has 0 atom stereocenters. The van der Waals surface area contributed by atoms with E-state index < -0.39 is 0 Å². The monoisotopic (exact) mass is 311 g/mol. The van der Waals surface area contributed by atoms with E-state index in [4.69, 9.17) is 11.6 Å². The second-order valence-electron chi connectivity index (χ2n) is 4.37. The lowest BCUT2D eigenvalue weighted by atomic mass is 10.2. The average molecular weight is 313 g/mol. The Kier molecular flexibility index (Phi) is 2.71. The van der Waals surface area contributed by atoms with Crippen LogP contribution in [0.15, 0.2) is 22.7 Å². The van der Waals surface area contributed by atoms with Crippen LogP contribution in [-0.2, 0) is 0 Å². The van der Waals surface area contributed by atoms with Gasteiger partial charge in [-0.15, -0.1) is 10.2 Å². The van der Waals surface area contributed by atoms with Crippen molar-refractivity contribution in [2.24, 2.45) is 0 Å². The molecular weight excluding hydrogens is 302 g/mol. The highest BCUT2D eigenvalue weighted by Gasteiger charge is 2.30. The van der Waals surface area contributed by atoms with E-state index in [1.54, 1.807) is 0 Å². The maximum atomic E-state index is 6.14. The lowest BCUT2D eigenvalue weighted by molar-refractivity contribution is 0.867. The summed E-state index contributed by atoms with van der Waals surface area (Å²) in [5.74, 6) is 1.51. The van der Waals surface area contributed by atoms with E-state index in [9.17, 15) is 0 Å². The number of aryl methyl sites for hydroxylation is 1. The Balaban J connectivity index is 2.16. The first kappa shape index (κ1) is 11.2. The summed E-state index contributed by atoms with van der Waals surface area (Å²) in [6, 6.07) is 6.12. The molecule has 1 saturated carbocycles. The minimum Gasteiger partial charge on any atom is -0.269 e. The minimum absolute atomic E-state index is 0.442. The van der Waals surface area contributed by atoms with Gasteiger partial charge in [-0.05, 0) is 55.1 Å². The second kappa shape index (κ2) is 4.10. The highest BCUT2D eigenvalue weighted by atomic mass is 79.9. The highest BCUT2D eigenvalue weighted by molar-refractivity contribution is 9.10. The van der Waals surface area contributed by atoms with E-state index in [1.165, 1.54) is 12.8 Å². The van der Waals surface area contributed by atoms with Gasteiger partial charge in [0, 0.05) is 10.4 Å². The van der Waals surface area contributed by atoms with Crippen LogP contribution in [0, 0.1) is 6.92 Å². The molecule has 0 aliphatic heterocycles. The first-order valence-corrected chi connectivity index (χ1v) is 6.71. The zero-order chi connectivity index (χ0) is 12.0. The third-order valence-corrected chi connectivity index (χ3v) is 3.73. The van der Waals surface area contributed by atoms with E-state index in [1.807, 2.05) is 16.7 Å². The Morgan fingerprint density at radius 3 is 2.76 bits per heavy atom. The van der Waals surface area contributed by atoms with Crippen LogP contribution in [0.1, 0.15) is 30.1 Å².